The van der Waals surface area contributed by atoms with Crippen molar-refractivity contribution in [3.05, 3.63) is 47.7 Å². The number of piperidine rings is 1. The molecule has 43 heavy (non-hydrogen) atoms. The fraction of sp³-hybridized carbons (Fsp3) is 0.448. The van der Waals surface area contributed by atoms with Gasteiger partial charge in [0.05, 0.1) is 49.0 Å². The van der Waals surface area contributed by atoms with Gasteiger partial charge in [-0.15, -0.1) is 0 Å². The summed E-state index contributed by atoms with van der Waals surface area (Å²) in [4.78, 5) is 16.3. The zero-order valence-corrected chi connectivity index (χ0v) is 24.5. The highest BCUT2D eigenvalue weighted by Gasteiger charge is 2.33. The Morgan fingerprint density at radius 3 is 2.72 bits per heavy atom. The lowest BCUT2D eigenvalue weighted by molar-refractivity contribution is -0.0327. The van der Waals surface area contributed by atoms with Crippen molar-refractivity contribution >= 4 is 34.7 Å². The highest BCUT2D eigenvalue weighted by atomic mass is 32.2. The molecule has 2 aliphatic rings. The maximum Gasteiger partial charge on any atom is 0.446 e. The number of hydrogen-bond acceptors (Lipinski definition) is 8. The summed E-state index contributed by atoms with van der Waals surface area (Å²) in [5, 5.41) is 10.6. The Morgan fingerprint density at radius 2 is 2.00 bits per heavy atom. The van der Waals surface area contributed by atoms with E-state index in [0.717, 1.165) is 0 Å². The maximum atomic E-state index is 14.7. The molecular formula is C29H32F4N6O3S. The Bertz CT molecular complexity index is 1520. The molecule has 2 fully saturated rings. The van der Waals surface area contributed by atoms with Gasteiger partial charge in [-0.3, -0.25) is 4.79 Å². The molecule has 2 atom stereocenters. The average molecular weight is 621 g/mol. The van der Waals surface area contributed by atoms with Crippen molar-refractivity contribution in [1.29, 1.82) is 0 Å². The van der Waals surface area contributed by atoms with Gasteiger partial charge in [0.2, 0.25) is 0 Å². The number of aromatic nitrogens is 2. The van der Waals surface area contributed by atoms with Crippen molar-refractivity contribution in [2.24, 2.45) is 0 Å². The van der Waals surface area contributed by atoms with E-state index in [4.69, 9.17) is 9.47 Å². The van der Waals surface area contributed by atoms with Crippen LogP contribution in [0.3, 0.4) is 0 Å². The smallest absolute Gasteiger partial charge is 0.446 e. The first kappa shape index (κ1) is 30.8. The second-order valence-electron chi connectivity index (χ2n) is 10.2. The van der Waals surface area contributed by atoms with Crippen LogP contribution in [0, 0.1) is 11.8 Å². The summed E-state index contributed by atoms with van der Waals surface area (Å²) in [6.45, 7) is 3.05. The van der Waals surface area contributed by atoms with E-state index in [2.05, 4.69) is 27.6 Å². The Labute approximate surface area is 250 Å². The number of hydrogen-bond donors (Lipinski definition) is 2. The molecule has 0 radical (unpaired) electrons. The molecule has 2 aromatic heterocycles. The van der Waals surface area contributed by atoms with E-state index in [1.54, 1.807) is 35.2 Å². The molecule has 1 amide bonds. The SMILES string of the molecule is COc1cc(C(=O)N2CCOCC2)ccc1NCC#Cc1nn2c(NC3CCN(C)CC3F)cccc2c1SC(F)(F)F. The number of thioether (sulfide) groups is 1. The van der Waals surface area contributed by atoms with Gasteiger partial charge in [-0.25, -0.2) is 8.91 Å². The minimum absolute atomic E-state index is 0.0445. The third kappa shape index (κ3) is 7.46. The van der Waals surface area contributed by atoms with Gasteiger partial charge >= 0.3 is 5.51 Å². The van der Waals surface area contributed by atoms with Gasteiger partial charge in [0.1, 0.15) is 23.4 Å². The van der Waals surface area contributed by atoms with Crippen LogP contribution >= 0.6 is 11.8 Å². The molecule has 2 aliphatic heterocycles. The summed E-state index contributed by atoms with van der Waals surface area (Å²) in [7, 11) is 3.32. The first-order valence-corrected chi connectivity index (χ1v) is 14.6. The molecule has 5 rings (SSSR count). The molecule has 230 valence electrons. The van der Waals surface area contributed by atoms with Gasteiger partial charge in [-0.2, -0.15) is 18.3 Å². The zero-order valence-electron chi connectivity index (χ0n) is 23.7. The number of fused-ring (bicyclic) bond motifs is 1. The van der Waals surface area contributed by atoms with E-state index in [0.29, 0.717) is 62.1 Å². The van der Waals surface area contributed by atoms with Crippen LogP contribution in [-0.2, 0) is 4.74 Å². The van der Waals surface area contributed by atoms with Crippen LogP contribution in [0.25, 0.3) is 5.52 Å². The van der Waals surface area contributed by atoms with E-state index in [1.165, 1.54) is 17.7 Å². The van der Waals surface area contributed by atoms with Crippen molar-refractivity contribution in [2.75, 3.05) is 70.7 Å². The summed E-state index contributed by atoms with van der Waals surface area (Å²) in [6.07, 6.45) is -0.591. The molecule has 0 saturated carbocycles. The van der Waals surface area contributed by atoms with Crippen molar-refractivity contribution in [3.63, 3.8) is 0 Å². The van der Waals surface area contributed by atoms with Gasteiger partial charge in [-0.05, 0) is 61.5 Å². The number of nitrogens with one attached hydrogen (secondary N) is 2. The largest absolute Gasteiger partial charge is 0.495 e. The number of amides is 1. The minimum Gasteiger partial charge on any atom is -0.495 e. The number of ether oxygens (including phenoxy) is 2. The van der Waals surface area contributed by atoms with Crippen molar-refractivity contribution in [1.82, 2.24) is 19.4 Å². The highest BCUT2D eigenvalue weighted by molar-refractivity contribution is 8.00. The fourth-order valence-electron chi connectivity index (χ4n) is 5.05. The molecule has 9 nitrogen and oxygen atoms in total. The van der Waals surface area contributed by atoms with Crippen molar-refractivity contribution in [3.8, 4) is 17.6 Å². The number of methoxy groups -OCH3 is 1. The van der Waals surface area contributed by atoms with Crippen LogP contribution in [0.15, 0.2) is 41.3 Å². The van der Waals surface area contributed by atoms with Crippen LogP contribution in [0.1, 0.15) is 22.5 Å². The van der Waals surface area contributed by atoms with Crippen LogP contribution in [0.5, 0.6) is 5.75 Å². The van der Waals surface area contributed by atoms with E-state index >= 15 is 0 Å². The second kappa shape index (κ2) is 13.3. The Hall–Kier alpha value is -3.67. The first-order chi connectivity index (χ1) is 20.6. The number of carbonyl (C=O) groups is 1. The second-order valence-corrected chi connectivity index (χ2v) is 11.3. The lowest BCUT2D eigenvalue weighted by Gasteiger charge is -2.33. The van der Waals surface area contributed by atoms with Crippen LogP contribution in [0.2, 0.25) is 0 Å². The number of benzene rings is 1. The predicted octanol–water partition coefficient (Wildman–Crippen LogP) is 4.34. The Balaban J connectivity index is 1.35. The molecule has 14 heteroatoms. The predicted molar refractivity (Wildman–Crippen MR) is 157 cm³/mol. The number of anilines is 2. The molecule has 0 bridgehead atoms. The first-order valence-electron chi connectivity index (χ1n) is 13.8. The third-order valence-corrected chi connectivity index (χ3v) is 8.07. The zero-order chi connectivity index (χ0) is 30.6. The monoisotopic (exact) mass is 620 g/mol. The number of nitrogens with zero attached hydrogens (tertiary/aromatic N) is 4. The van der Waals surface area contributed by atoms with Gasteiger partial charge in [-0.1, -0.05) is 12.0 Å². The Morgan fingerprint density at radius 1 is 1.21 bits per heavy atom. The van der Waals surface area contributed by atoms with E-state index in [1.807, 2.05) is 11.9 Å². The molecular weight excluding hydrogens is 588 g/mol. The Kier molecular flexibility index (Phi) is 9.53. The molecule has 0 spiro atoms. The van der Waals surface area contributed by atoms with Gasteiger partial charge < -0.3 is 29.9 Å². The van der Waals surface area contributed by atoms with Gasteiger partial charge in [0, 0.05) is 31.7 Å². The lowest BCUT2D eigenvalue weighted by Crippen LogP contribution is -2.46. The van der Waals surface area contributed by atoms with Crippen molar-refractivity contribution in [2.45, 2.75) is 29.0 Å². The average Bonchev–Trinajstić information content (AvgIpc) is 3.33. The normalized spacial score (nSPS) is 19.5. The molecule has 2 saturated heterocycles. The molecule has 4 heterocycles. The van der Waals surface area contributed by atoms with Gasteiger partial charge in [0.15, 0.2) is 0 Å². The van der Waals surface area contributed by atoms with Crippen LogP contribution in [0.4, 0.5) is 29.1 Å². The maximum absolute atomic E-state index is 14.7. The number of halogens is 4. The van der Waals surface area contributed by atoms with E-state index in [-0.39, 0.29) is 46.9 Å². The third-order valence-electron chi connectivity index (χ3n) is 7.23. The lowest BCUT2D eigenvalue weighted by atomic mass is 10.0. The van der Waals surface area contributed by atoms with E-state index < -0.39 is 17.7 Å². The molecule has 0 aliphatic carbocycles. The van der Waals surface area contributed by atoms with Gasteiger partial charge in [0.25, 0.3) is 5.91 Å². The summed E-state index contributed by atoms with van der Waals surface area (Å²) >= 11 is -0.283. The number of rotatable bonds is 7. The van der Waals surface area contributed by atoms with Crippen LogP contribution in [-0.4, -0.2) is 103 Å². The highest BCUT2D eigenvalue weighted by Crippen LogP contribution is 2.41. The summed E-state index contributed by atoms with van der Waals surface area (Å²) in [5.74, 6) is 6.30. The van der Waals surface area contributed by atoms with Crippen LogP contribution < -0.4 is 15.4 Å². The topological polar surface area (TPSA) is 83.4 Å². The van der Waals surface area contributed by atoms with E-state index in [9.17, 15) is 22.4 Å². The number of likely N-dealkylation sites (tertiary alicyclic amines) is 1. The standard InChI is InChI=1S/C29H32F4N6O3S/c1-37-12-10-21(20(30)18-37)35-26-7-3-6-24-27(43-29(31,32)33)23(36-39(24)26)5-4-11-34-22-9-8-19(17-25(22)41-2)28(40)38-13-15-42-16-14-38/h3,6-9,17,20-21,34-35H,10-16,18H2,1-2H3. The molecule has 2 N–H and O–H groups in total. The summed E-state index contributed by atoms with van der Waals surface area (Å²) in [5.41, 5.74) is -3.35. The minimum atomic E-state index is -4.56. The summed E-state index contributed by atoms with van der Waals surface area (Å²) < 4.78 is 67.4. The molecule has 1 aromatic carbocycles. The number of carbonyl (C=O) groups excluding carboxylic acids is 1. The number of pyridine rings is 1. The fourth-order valence-corrected chi connectivity index (χ4v) is 5.73. The number of alkyl halides is 4. The molecule has 2 unspecified atom stereocenters. The number of morpholine rings is 1. The quantitative estimate of drug-likeness (QED) is 0.229. The molecule has 3 aromatic rings. The van der Waals surface area contributed by atoms with Crippen molar-refractivity contribution < 1.29 is 31.8 Å². The summed E-state index contributed by atoms with van der Waals surface area (Å²) in [6, 6.07) is 9.32.